The molecular formula is C19H27O3. The fraction of sp³-hybridized carbons (Fsp3) is 0.579. The van der Waals surface area contributed by atoms with Crippen LogP contribution >= 0.6 is 0 Å². The Morgan fingerprint density at radius 2 is 1.77 bits per heavy atom. The minimum Gasteiger partial charge on any atom is -0.292 e. The lowest BCUT2D eigenvalue weighted by molar-refractivity contribution is -0.248. The van der Waals surface area contributed by atoms with E-state index in [1.54, 1.807) is 12.1 Å². The van der Waals surface area contributed by atoms with E-state index >= 15 is 0 Å². The second-order valence-electron chi connectivity index (χ2n) is 7.41. The second-order valence-corrected chi connectivity index (χ2v) is 7.41. The summed E-state index contributed by atoms with van der Waals surface area (Å²) in [6.45, 7) is 10.8. The first-order chi connectivity index (χ1) is 10.3. The summed E-state index contributed by atoms with van der Waals surface area (Å²) in [7, 11) is 0. The molecule has 0 saturated heterocycles. The molecule has 2 unspecified atom stereocenters. The van der Waals surface area contributed by atoms with Gasteiger partial charge in [-0.25, -0.2) is 4.79 Å². The van der Waals surface area contributed by atoms with Gasteiger partial charge in [-0.05, 0) is 41.4 Å². The summed E-state index contributed by atoms with van der Waals surface area (Å²) in [5, 5.41) is 0. The molecule has 1 aliphatic rings. The predicted octanol–water partition coefficient (Wildman–Crippen LogP) is 5.06. The molecule has 1 aromatic carbocycles. The van der Waals surface area contributed by atoms with Crippen molar-refractivity contribution in [3.8, 4) is 0 Å². The molecule has 3 heteroatoms. The van der Waals surface area contributed by atoms with Crippen LogP contribution in [0.3, 0.4) is 0 Å². The maximum absolute atomic E-state index is 12.1. The first-order valence-corrected chi connectivity index (χ1v) is 8.14. The Balaban J connectivity index is 1.92. The number of rotatable bonds is 3. The molecule has 1 aliphatic carbocycles. The second kappa shape index (κ2) is 6.82. The van der Waals surface area contributed by atoms with Gasteiger partial charge in [0.05, 0.1) is 5.56 Å². The van der Waals surface area contributed by atoms with Crippen LogP contribution in [-0.2, 0) is 15.2 Å². The highest BCUT2D eigenvalue weighted by molar-refractivity contribution is 5.89. The SMILES string of the molecule is CC1CCC[C](OOC(=O)c2ccc(C(C)(C)C)cc2)C1C. The van der Waals surface area contributed by atoms with Gasteiger partial charge in [-0.15, -0.1) is 0 Å². The largest absolute Gasteiger partial charge is 0.373 e. The summed E-state index contributed by atoms with van der Waals surface area (Å²) >= 11 is 0. The monoisotopic (exact) mass is 303 g/mol. The van der Waals surface area contributed by atoms with Crippen LogP contribution in [0.4, 0.5) is 0 Å². The quantitative estimate of drug-likeness (QED) is 0.578. The number of carbonyl (C=O) groups excluding carboxylic acids is 1. The van der Waals surface area contributed by atoms with E-state index in [2.05, 4.69) is 34.6 Å². The van der Waals surface area contributed by atoms with Gasteiger partial charge < -0.3 is 0 Å². The van der Waals surface area contributed by atoms with Gasteiger partial charge in [0, 0.05) is 0 Å². The van der Waals surface area contributed by atoms with Crippen LogP contribution in [0.5, 0.6) is 0 Å². The zero-order chi connectivity index (χ0) is 16.3. The van der Waals surface area contributed by atoms with Gasteiger partial charge in [-0.2, -0.15) is 4.89 Å². The van der Waals surface area contributed by atoms with Crippen molar-refractivity contribution in [2.45, 2.75) is 59.3 Å². The highest BCUT2D eigenvalue weighted by atomic mass is 17.2. The van der Waals surface area contributed by atoms with Gasteiger partial charge in [0.15, 0.2) is 6.10 Å². The fourth-order valence-electron chi connectivity index (χ4n) is 2.76. The molecule has 0 aromatic heterocycles. The summed E-state index contributed by atoms with van der Waals surface area (Å²) in [4.78, 5) is 22.5. The van der Waals surface area contributed by atoms with Crippen LogP contribution in [0, 0.1) is 17.9 Å². The van der Waals surface area contributed by atoms with Crippen LogP contribution in [0.1, 0.15) is 69.8 Å². The number of hydrogen-bond acceptors (Lipinski definition) is 3. The molecule has 3 nitrogen and oxygen atoms in total. The van der Waals surface area contributed by atoms with Crippen molar-refractivity contribution in [3.63, 3.8) is 0 Å². The number of benzene rings is 1. The minimum atomic E-state index is -0.432. The summed E-state index contributed by atoms with van der Waals surface area (Å²) in [5.41, 5.74) is 1.78. The molecule has 1 aromatic rings. The van der Waals surface area contributed by atoms with Crippen molar-refractivity contribution in [2.24, 2.45) is 11.8 Å². The smallest absolute Gasteiger partial charge is 0.292 e. The normalized spacial score (nSPS) is 23.3. The fourth-order valence-corrected chi connectivity index (χ4v) is 2.76. The van der Waals surface area contributed by atoms with Crippen molar-refractivity contribution >= 4 is 5.97 Å². The van der Waals surface area contributed by atoms with Crippen LogP contribution in [0.2, 0.25) is 0 Å². The van der Waals surface area contributed by atoms with Crippen molar-refractivity contribution in [1.29, 1.82) is 0 Å². The topological polar surface area (TPSA) is 35.5 Å². The van der Waals surface area contributed by atoms with Crippen molar-refractivity contribution in [3.05, 3.63) is 41.5 Å². The Hall–Kier alpha value is -1.35. The summed E-state index contributed by atoms with van der Waals surface area (Å²) in [6, 6.07) is 7.53. The zero-order valence-corrected chi connectivity index (χ0v) is 14.3. The molecule has 1 radical (unpaired) electrons. The van der Waals surface area contributed by atoms with E-state index in [9.17, 15) is 4.79 Å². The summed E-state index contributed by atoms with van der Waals surface area (Å²) in [5.74, 6) is 0.483. The molecule has 0 aliphatic heterocycles. The van der Waals surface area contributed by atoms with Crippen LogP contribution < -0.4 is 0 Å². The molecule has 0 spiro atoms. The van der Waals surface area contributed by atoms with Gasteiger partial charge in [-0.3, -0.25) is 4.89 Å². The number of carbonyl (C=O) groups is 1. The van der Waals surface area contributed by atoms with Gasteiger partial charge in [-0.1, -0.05) is 59.6 Å². The third-order valence-electron chi connectivity index (χ3n) is 4.66. The molecule has 0 amide bonds. The van der Waals surface area contributed by atoms with Crippen molar-refractivity contribution in [1.82, 2.24) is 0 Å². The lowest BCUT2D eigenvalue weighted by Gasteiger charge is -2.31. The molecule has 0 N–H and O–H groups in total. The zero-order valence-electron chi connectivity index (χ0n) is 14.3. The van der Waals surface area contributed by atoms with E-state index in [1.807, 2.05) is 12.1 Å². The molecule has 2 atom stereocenters. The summed E-state index contributed by atoms with van der Waals surface area (Å²) in [6.07, 6.45) is 4.06. The predicted molar refractivity (Wildman–Crippen MR) is 87.1 cm³/mol. The first kappa shape index (κ1) is 17.0. The Labute approximate surface area is 133 Å². The molecule has 1 saturated carbocycles. The van der Waals surface area contributed by atoms with E-state index in [0.717, 1.165) is 18.9 Å². The van der Waals surface area contributed by atoms with E-state index in [4.69, 9.17) is 9.78 Å². The van der Waals surface area contributed by atoms with Gasteiger partial charge in [0.1, 0.15) is 0 Å². The van der Waals surface area contributed by atoms with E-state index in [1.165, 1.54) is 12.0 Å². The standard InChI is InChI=1S/C19H27O3/c1-13-7-6-8-17(14(13)2)21-22-18(20)15-9-11-16(12-10-15)19(3,4)5/h9-14H,6-8H2,1-5H3. The van der Waals surface area contributed by atoms with Gasteiger partial charge in [0.25, 0.3) is 0 Å². The molecular weight excluding hydrogens is 276 g/mol. The maximum Gasteiger partial charge on any atom is 0.373 e. The third kappa shape index (κ3) is 4.10. The lowest BCUT2D eigenvalue weighted by atomic mass is 9.80. The average Bonchev–Trinajstić information content (AvgIpc) is 2.48. The summed E-state index contributed by atoms with van der Waals surface area (Å²) < 4.78 is 0. The maximum atomic E-state index is 12.1. The van der Waals surface area contributed by atoms with Crippen LogP contribution in [0.15, 0.2) is 24.3 Å². The molecule has 0 bridgehead atoms. The third-order valence-corrected chi connectivity index (χ3v) is 4.66. The van der Waals surface area contributed by atoms with E-state index in [0.29, 0.717) is 17.4 Å². The minimum absolute atomic E-state index is 0.0719. The highest BCUT2D eigenvalue weighted by Gasteiger charge is 2.31. The van der Waals surface area contributed by atoms with Gasteiger partial charge in [0.2, 0.25) is 0 Å². The van der Waals surface area contributed by atoms with E-state index in [-0.39, 0.29) is 5.41 Å². The van der Waals surface area contributed by atoms with E-state index < -0.39 is 5.97 Å². The molecule has 0 heterocycles. The number of hydrogen-bond donors (Lipinski definition) is 0. The van der Waals surface area contributed by atoms with Gasteiger partial charge >= 0.3 is 5.97 Å². The molecule has 1 fully saturated rings. The Morgan fingerprint density at radius 3 is 2.36 bits per heavy atom. The Morgan fingerprint density at radius 1 is 1.14 bits per heavy atom. The molecule has 2 rings (SSSR count). The molecule has 121 valence electrons. The van der Waals surface area contributed by atoms with Crippen molar-refractivity contribution < 1.29 is 14.6 Å². The van der Waals surface area contributed by atoms with Crippen molar-refractivity contribution in [2.75, 3.05) is 0 Å². The van der Waals surface area contributed by atoms with Crippen LogP contribution in [0.25, 0.3) is 0 Å². The average molecular weight is 303 g/mol. The van der Waals surface area contributed by atoms with Crippen LogP contribution in [-0.4, -0.2) is 5.97 Å². The first-order valence-electron chi connectivity index (χ1n) is 8.14. The molecule has 22 heavy (non-hydrogen) atoms. The lowest BCUT2D eigenvalue weighted by Crippen LogP contribution is -2.25. The Kier molecular flexibility index (Phi) is 5.28. The Bertz CT molecular complexity index is 498. The highest BCUT2D eigenvalue weighted by Crippen LogP contribution is 2.36.